The molecule has 0 aliphatic heterocycles. The van der Waals surface area contributed by atoms with Crippen LogP contribution in [0, 0.1) is 0 Å². The number of rotatable bonds is 7. The summed E-state index contributed by atoms with van der Waals surface area (Å²) in [4.78, 5) is 0. The zero-order valence-electron chi connectivity index (χ0n) is 8.86. The van der Waals surface area contributed by atoms with Gasteiger partial charge >= 0.3 is 0 Å². The third kappa shape index (κ3) is 4.11. The van der Waals surface area contributed by atoms with Gasteiger partial charge in [0.05, 0.1) is 0 Å². The van der Waals surface area contributed by atoms with Crippen LogP contribution in [-0.4, -0.2) is 33.6 Å². The van der Waals surface area contributed by atoms with Crippen LogP contribution >= 0.6 is 11.8 Å². The summed E-state index contributed by atoms with van der Waals surface area (Å²) >= 11 is 1.74. The first kappa shape index (κ1) is 11.5. The normalized spacial score (nSPS) is 10.7. The lowest BCUT2D eigenvalue weighted by Crippen LogP contribution is -2.18. The summed E-state index contributed by atoms with van der Waals surface area (Å²) < 4.78 is 1.94. The Morgan fingerprint density at radius 2 is 2.36 bits per heavy atom. The van der Waals surface area contributed by atoms with Crippen LogP contribution in [-0.2, 0) is 7.05 Å². The minimum atomic E-state index is 0.988. The van der Waals surface area contributed by atoms with Crippen molar-refractivity contribution in [3.05, 3.63) is 6.33 Å². The van der Waals surface area contributed by atoms with Gasteiger partial charge in [0.2, 0.25) is 0 Å². The minimum absolute atomic E-state index is 0.988. The van der Waals surface area contributed by atoms with Crippen LogP contribution in [0.15, 0.2) is 11.5 Å². The molecule has 80 valence electrons. The summed E-state index contributed by atoms with van der Waals surface area (Å²) in [5.41, 5.74) is 0. The molecule has 14 heavy (non-hydrogen) atoms. The van der Waals surface area contributed by atoms with Crippen LogP contribution in [0.2, 0.25) is 0 Å². The highest BCUT2D eigenvalue weighted by atomic mass is 32.2. The molecule has 1 N–H and O–H groups in total. The van der Waals surface area contributed by atoms with E-state index in [1.807, 2.05) is 11.6 Å². The monoisotopic (exact) mass is 214 g/mol. The molecular formula is C9H18N4S. The molecule has 0 aliphatic rings. The number of hydrogen-bond donors (Lipinski definition) is 1. The van der Waals surface area contributed by atoms with E-state index in [0.29, 0.717) is 0 Å². The number of aromatic nitrogens is 3. The summed E-state index contributed by atoms with van der Waals surface area (Å²) in [6, 6.07) is 0. The Bertz CT molecular complexity index is 249. The van der Waals surface area contributed by atoms with E-state index in [0.717, 1.165) is 24.0 Å². The van der Waals surface area contributed by atoms with Crippen molar-refractivity contribution < 1.29 is 0 Å². The highest BCUT2D eigenvalue weighted by molar-refractivity contribution is 7.99. The molecule has 0 spiro atoms. The van der Waals surface area contributed by atoms with E-state index in [4.69, 9.17) is 0 Å². The number of aryl methyl sites for hydroxylation is 1. The Morgan fingerprint density at radius 3 is 3.00 bits per heavy atom. The molecule has 0 aliphatic carbocycles. The Balaban J connectivity index is 2.02. The van der Waals surface area contributed by atoms with E-state index in [-0.39, 0.29) is 0 Å². The number of hydrogen-bond acceptors (Lipinski definition) is 4. The van der Waals surface area contributed by atoms with Crippen LogP contribution in [0.4, 0.5) is 0 Å². The first-order valence-corrected chi connectivity index (χ1v) is 6.00. The van der Waals surface area contributed by atoms with Gasteiger partial charge in [-0.3, -0.25) is 0 Å². The van der Waals surface area contributed by atoms with Crippen LogP contribution in [0.3, 0.4) is 0 Å². The molecule has 1 aromatic heterocycles. The van der Waals surface area contributed by atoms with Gasteiger partial charge in [-0.05, 0) is 13.0 Å². The van der Waals surface area contributed by atoms with Crippen molar-refractivity contribution in [1.82, 2.24) is 20.1 Å². The molecule has 0 bridgehead atoms. The Labute approximate surface area is 89.5 Å². The first-order valence-electron chi connectivity index (χ1n) is 5.02. The molecule has 0 fully saturated rings. The van der Waals surface area contributed by atoms with Gasteiger partial charge in [0, 0.05) is 19.3 Å². The predicted molar refractivity (Wildman–Crippen MR) is 59.5 cm³/mol. The first-order chi connectivity index (χ1) is 6.84. The fourth-order valence-corrected chi connectivity index (χ4v) is 1.83. The molecule has 0 aromatic carbocycles. The molecule has 1 aromatic rings. The quantitative estimate of drug-likeness (QED) is 0.549. The number of thioether (sulfide) groups is 1. The summed E-state index contributed by atoms with van der Waals surface area (Å²) in [6.07, 6.45) is 4.24. The second-order valence-electron chi connectivity index (χ2n) is 3.18. The fraction of sp³-hybridized carbons (Fsp3) is 0.778. The van der Waals surface area contributed by atoms with Gasteiger partial charge in [-0.15, -0.1) is 10.2 Å². The number of nitrogens with zero attached hydrogens (tertiary/aromatic N) is 3. The molecule has 5 heteroatoms. The van der Waals surface area contributed by atoms with Crippen molar-refractivity contribution in [2.45, 2.75) is 24.9 Å². The zero-order chi connectivity index (χ0) is 10.2. The topological polar surface area (TPSA) is 42.7 Å². The molecule has 1 rings (SSSR count). The second kappa shape index (κ2) is 6.84. The Hall–Kier alpha value is -0.550. The maximum Gasteiger partial charge on any atom is 0.190 e. The lowest BCUT2D eigenvalue weighted by molar-refractivity contribution is 0.665. The van der Waals surface area contributed by atoms with Crippen LogP contribution in [0.25, 0.3) is 0 Å². The predicted octanol–water partition coefficient (Wildman–Crippen LogP) is 1.30. The molecule has 0 saturated carbocycles. The van der Waals surface area contributed by atoms with Gasteiger partial charge in [-0.1, -0.05) is 25.1 Å². The molecular weight excluding hydrogens is 196 g/mol. The maximum absolute atomic E-state index is 4.00. The molecule has 0 atom stereocenters. The summed E-state index contributed by atoms with van der Waals surface area (Å²) in [5, 5.41) is 12.2. The largest absolute Gasteiger partial charge is 0.316 e. The van der Waals surface area contributed by atoms with Crippen molar-refractivity contribution in [3.63, 3.8) is 0 Å². The second-order valence-corrected chi connectivity index (χ2v) is 4.24. The molecule has 0 unspecified atom stereocenters. The van der Waals surface area contributed by atoms with E-state index in [2.05, 4.69) is 22.4 Å². The lowest BCUT2D eigenvalue weighted by atomic mass is 10.3. The SMILES string of the molecule is CCCCNCCSc1nncn1C. The summed E-state index contributed by atoms with van der Waals surface area (Å²) in [6.45, 7) is 4.36. The van der Waals surface area contributed by atoms with Gasteiger partial charge in [0.25, 0.3) is 0 Å². The van der Waals surface area contributed by atoms with Gasteiger partial charge in [-0.25, -0.2) is 0 Å². The fourth-order valence-electron chi connectivity index (χ4n) is 1.04. The van der Waals surface area contributed by atoms with E-state index in [1.165, 1.54) is 12.8 Å². The molecule has 1 heterocycles. The van der Waals surface area contributed by atoms with Crippen LogP contribution in [0.1, 0.15) is 19.8 Å². The van der Waals surface area contributed by atoms with E-state index in [1.54, 1.807) is 18.1 Å². The average Bonchev–Trinajstić information content (AvgIpc) is 2.58. The zero-order valence-corrected chi connectivity index (χ0v) is 9.68. The lowest BCUT2D eigenvalue weighted by Gasteiger charge is -2.02. The van der Waals surface area contributed by atoms with Crippen LogP contribution in [0.5, 0.6) is 0 Å². The summed E-state index contributed by atoms with van der Waals surface area (Å²) in [5.74, 6) is 1.05. The Morgan fingerprint density at radius 1 is 1.50 bits per heavy atom. The number of nitrogens with one attached hydrogen (secondary N) is 1. The van der Waals surface area contributed by atoms with Crippen LogP contribution < -0.4 is 5.32 Å². The molecule has 0 saturated heterocycles. The van der Waals surface area contributed by atoms with Crippen molar-refractivity contribution in [1.29, 1.82) is 0 Å². The van der Waals surface area contributed by atoms with Gasteiger partial charge in [-0.2, -0.15) is 0 Å². The van der Waals surface area contributed by atoms with Gasteiger partial charge in [0.15, 0.2) is 5.16 Å². The van der Waals surface area contributed by atoms with Gasteiger partial charge in [0.1, 0.15) is 6.33 Å². The van der Waals surface area contributed by atoms with Crippen molar-refractivity contribution in [2.75, 3.05) is 18.8 Å². The molecule has 0 amide bonds. The minimum Gasteiger partial charge on any atom is -0.316 e. The standard InChI is InChI=1S/C9H18N4S/c1-3-4-5-10-6-7-14-9-12-11-8-13(9)2/h8,10H,3-7H2,1-2H3. The molecule has 0 radical (unpaired) electrons. The highest BCUT2D eigenvalue weighted by Crippen LogP contribution is 2.11. The Kier molecular flexibility index (Phi) is 5.63. The maximum atomic E-state index is 4.00. The van der Waals surface area contributed by atoms with E-state index < -0.39 is 0 Å². The van der Waals surface area contributed by atoms with Crippen molar-refractivity contribution in [2.24, 2.45) is 7.05 Å². The van der Waals surface area contributed by atoms with Crippen molar-refractivity contribution in [3.8, 4) is 0 Å². The van der Waals surface area contributed by atoms with E-state index in [9.17, 15) is 0 Å². The summed E-state index contributed by atoms with van der Waals surface area (Å²) in [7, 11) is 1.97. The van der Waals surface area contributed by atoms with Crippen molar-refractivity contribution >= 4 is 11.8 Å². The third-order valence-electron chi connectivity index (χ3n) is 1.89. The third-order valence-corrected chi connectivity index (χ3v) is 2.92. The number of unbranched alkanes of at least 4 members (excludes halogenated alkanes) is 1. The van der Waals surface area contributed by atoms with Gasteiger partial charge < -0.3 is 9.88 Å². The smallest absolute Gasteiger partial charge is 0.190 e. The molecule has 4 nitrogen and oxygen atoms in total. The average molecular weight is 214 g/mol. The highest BCUT2D eigenvalue weighted by Gasteiger charge is 1.99. The van der Waals surface area contributed by atoms with E-state index >= 15 is 0 Å².